The van der Waals surface area contributed by atoms with E-state index in [2.05, 4.69) is 17.4 Å². The molecular weight excluding hydrogens is 349 g/mol. The van der Waals surface area contributed by atoms with Gasteiger partial charge >= 0.3 is 6.16 Å². The van der Waals surface area contributed by atoms with Crippen molar-refractivity contribution in [3.63, 3.8) is 0 Å². The summed E-state index contributed by atoms with van der Waals surface area (Å²) in [6.07, 6.45) is -1.51. The molecule has 1 aliphatic rings. The highest BCUT2D eigenvalue weighted by atomic mass is 35.5. The second kappa shape index (κ2) is 6.54. The maximum Gasteiger partial charge on any atom is 0.507 e. The number of nitrogens with one attached hydrogen (secondary N) is 1. The average molecular weight is 366 g/mol. The predicted octanol–water partition coefficient (Wildman–Crippen LogP) is 5.58. The maximum atomic E-state index is 11.0. The van der Waals surface area contributed by atoms with Crippen molar-refractivity contribution in [2.24, 2.45) is 0 Å². The Kier molecular flexibility index (Phi) is 4.61. The Morgan fingerprint density at radius 3 is 2.67 bits per heavy atom. The fraction of sp³-hybridized carbons (Fsp3) is 0.278. The molecular formula is C18H17Cl2NO3. The molecule has 0 saturated heterocycles. The van der Waals surface area contributed by atoms with Gasteiger partial charge in [0, 0.05) is 33.6 Å². The van der Waals surface area contributed by atoms with E-state index in [1.165, 1.54) is 5.56 Å². The first-order valence-corrected chi connectivity index (χ1v) is 8.33. The largest absolute Gasteiger partial charge is 0.507 e. The first-order chi connectivity index (χ1) is 11.3. The molecule has 2 atom stereocenters. The van der Waals surface area contributed by atoms with Gasteiger partial charge in [-0.2, -0.15) is 0 Å². The summed E-state index contributed by atoms with van der Waals surface area (Å²) in [5.74, 6) is -0.0732. The molecule has 3 rings (SSSR count). The molecule has 1 aliphatic heterocycles. The topological polar surface area (TPSA) is 58.6 Å². The summed E-state index contributed by atoms with van der Waals surface area (Å²) in [6, 6.07) is 9.66. The van der Waals surface area contributed by atoms with E-state index in [4.69, 9.17) is 33.0 Å². The normalized spacial score (nSPS) is 19.3. The number of carbonyl (C=O) groups is 1. The number of carboxylic acid groups (broad SMARTS) is 1. The molecule has 0 radical (unpaired) electrons. The van der Waals surface area contributed by atoms with Crippen LogP contribution in [0, 0.1) is 13.8 Å². The Hall–Kier alpha value is -1.91. The van der Waals surface area contributed by atoms with Crippen LogP contribution in [0.1, 0.15) is 34.6 Å². The highest BCUT2D eigenvalue weighted by molar-refractivity contribution is 6.35. The smallest absolute Gasteiger partial charge is 0.450 e. The molecule has 24 heavy (non-hydrogen) atoms. The van der Waals surface area contributed by atoms with Crippen molar-refractivity contribution < 1.29 is 14.6 Å². The van der Waals surface area contributed by atoms with Gasteiger partial charge in [-0.25, -0.2) is 4.79 Å². The number of fused-ring (bicyclic) bond motifs is 1. The van der Waals surface area contributed by atoms with Crippen LogP contribution in [0.4, 0.5) is 10.5 Å². The summed E-state index contributed by atoms with van der Waals surface area (Å²) in [7, 11) is 0. The Balaban J connectivity index is 2.12. The lowest BCUT2D eigenvalue weighted by Crippen LogP contribution is -2.33. The molecule has 6 heteroatoms. The van der Waals surface area contributed by atoms with E-state index in [9.17, 15) is 4.79 Å². The lowest BCUT2D eigenvalue weighted by molar-refractivity contribution is 0.0561. The van der Waals surface area contributed by atoms with E-state index in [-0.39, 0.29) is 5.92 Å². The van der Waals surface area contributed by atoms with Crippen LogP contribution in [0.15, 0.2) is 30.3 Å². The molecule has 2 aromatic carbocycles. The minimum atomic E-state index is -1.32. The zero-order chi connectivity index (χ0) is 17.4. The summed E-state index contributed by atoms with van der Waals surface area (Å²) in [4.78, 5) is 11.0. The number of benzene rings is 2. The lowest BCUT2D eigenvalue weighted by Gasteiger charge is -2.34. The molecule has 0 bridgehead atoms. The second-order valence-corrected chi connectivity index (χ2v) is 6.86. The maximum absolute atomic E-state index is 11.0. The van der Waals surface area contributed by atoms with Crippen molar-refractivity contribution in [2.75, 3.05) is 5.32 Å². The van der Waals surface area contributed by atoms with Gasteiger partial charge < -0.3 is 15.2 Å². The van der Waals surface area contributed by atoms with Crippen LogP contribution in [0.25, 0.3) is 0 Å². The van der Waals surface area contributed by atoms with E-state index in [0.29, 0.717) is 22.2 Å². The van der Waals surface area contributed by atoms with E-state index in [1.54, 1.807) is 12.1 Å². The van der Waals surface area contributed by atoms with Crippen molar-refractivity contribution in [2.45, 2.75) is 32.4 Å². The van der Waals surface area contributed by atoms with Gasteiger partial charge in [-0.05, 0) is 37.1 Å². The molecule has 0 fully saturated rings. The van der Waals surface area contributed by atoms with Crippen LogP contribution in [-0.4, -0.2) is 17.5 Å². The minimum absolute atomic E-state index is 0.0732. The Morgan fingerprint density at radius 1 is 1.25 bits per heavy atom. The molecule has 126 valence electrons. The number of hydrogen-bond acceptors (Lipinski definition) is 3. The number of anilines is 1. The van der Waals surface area contributed by atoms with Gasteiger partial charge in [-0.1, -0.05) is 47.0 Å². The minimum Gasteiger partial charge on any atom is -0.450 e. The molecule has 4 nitrogen and oxygen atoms in total. The average Bonchev–Trinajstić information content (AvgIpc) is 2.45. The Labute approximate surface area is 150 Å². The standard InChI is InChI=1S/C18H17Cl2NO3/c1-9-3-4-12(10(2)5-9)13-8-16(24-18(22)23)21-15-7-11(19)6-14(20)17(13)15/h3-7,13,16,21H,8H2,1-2H3,(H,22,23). The zero-order valence-corrected chi connectivity index (χ0v) is 14.8. The van der Waals surface area contributed by atoms with Crippen molar-refractivity contribution >= 4 is 35.0 Å². The van der Waals surface area contributed by atoms with Crippen LogP contribution in [-0.2, 0) is 4.74 Å². The molecule has 0 saturated carbocycles. The number of halogens is 2. The third kappa shape index (κ3) is 3.30. The van der Waals surface area contributed by atoms with Gasteiger partial charge in [0.2, 0.25) is 0 Å². The van der Waals surface area contributed by atoms with Crippen LogP contribution in [0.2, 0.25) is 10.0 Å². The third-order valence-corrected chi connectivity index (χ3v) is 4.78. The molecule has 0 amide bonds. The van der Waals surface area contributed by atoms with Crippen LogP contribution in [0.5, 0.6) is 0 Å². The highest BCUT2D eigenvalue weighted by Crippen LogP contribution is 2.45. The van der Waals surface area contributed by atoms with Crippen molar-refractivity contribution in [3.8, 4) is 0 Å². The van der Waals surface area contributed by atoms with E-state index >= 15 is 0 Å². The van der Waals surface area contributed by atoms with Gasteiger partial charge in [0.25, 0.3) is 0 Å². The summed E-state index contributed by atoms with van der Waals surface area (Å²) in [5.41, 5.74) is 5.03. The zero-order valence-electron chi connectivity index (χ0n) is 13.3. The number of hydrogen-bond donors (Lipinski definition) is 2. The predicted molar refractivity (Wildman–Crippen MR) is 95.4 cm³/mol. The first kappa shape index (κ1) is 16.9. The summed E-state index contributed by atoms with van der Waals surface area (Å²) in [6.45, 7) is 4.08. The molecule has 1 heterocycles. The second-order valence-electron chi connectivity index (χ2n) is 6.01. The van der Waals surface area contributed by atoms with E-state index in [0.717, 1.165) is 16.7 Å². The molecule has 2 aromatic rings. The van der Waals surface area contributed by atoms with Crippen LogP contribution >= 0.6 is 23.2 Å². The van der Waals surface area contributed by atoms with Gasteiger partial charge in [0.15, 0.2) is 6.23 Å². The van der Waals surface area contributed by atoms with Crippen LogP contribution < -0.4 is 5.32 Å². The molecule has 0 aromatic heterocycles. The third-order valence-electron chi connectivity index (χ3n) is 4.25. The summed E-state index contributed by atoms with van der Waals surface area (Å²) >= 11 is 12.5. The fourth-order valence-electron chi connectivity index (χ4n) is 3.32. The number of rotatable bonds is 2. The van der Waals surface area contributed by atoms with Gasteiger partial charge in [-0.15, -0.1) is 0 Å². The highest BCUT2D eigenvalue weighted by Gasteiger charge is 2.32. The van der Waals surface area contributed by atoms with Crippen LogP contribution in [0.3, 0.4) is 0 Å². The Morgan fingerprint density at radius 2 is 2.00 bits per heavy atom. The van der Waals surface area contributed by atoms with Crippen molar-refractivity contribution in [3.05, 3.63) is 62.6 Å². The summed E-state index contributed by atoms with van der Waals surface area (Å²) in [5, 5.41) is 13.1. The summed E-state index contributed by atoms with van der Waals surface area (Å²) < 4.78 is 4.96. The van der Waals surface area contributed by atoms with Crippen molar-refractivity contribution in [1.82, 2.24) is 0 Å². The Bertz CT molecular complexity index is 807. The molecule has 2 unspecified atom stereocenters. The SMILES string of the molecule is Cc1ccc(C2CC(OC(=O)O)Nc3cc(Cl)cc(Cl)c32)c(C)c1. The molecule has 0 spiro atoms. The van der Waals surface area contributed by atoms with Crippen molar-refractivity contribution in [1.29, 1.82) is 0 Å². The number of ether oxygens (including phenoxy) is 1. The van der Waals surface area contributed by atoms with E-state index < -0.39 is 12.4 Å². The van der Waals surface area contributed by atoms with Gasteiger partial charge in [-0.3, -0.25) is 0 Å². The number of aryl methyl sites for hydroxylation is 2. The first-order valence-electron chi connectivity index (χ1n) is 7.57. The van der Waals surface area contributed by atoms with Gasteiger partial charge in [0.05, 0.1) is 0 Å². The van der Waals surface area contributed by atoms with E-state index in [1.807, 2.05) is 19.9 Å². The fourth-order valence-corrected chi connectivity index (χ4v) is 3.95. The quantitative estimate of drug-likeness (QED) is 0.682. The monoisotopic (exact) mass is 365 g/mol. The molecule has 2 N–H and O–H groups in total. The van der Waals surface area contributed by atoms with Gasteiger partial charge in [0.1, 0.15) is 0 Å². The molecule has 0 aliphatic carbocycles. The lowest BCUT2D eigenvalue weighted by atomic mass is 9.82.